The molecule has 2 aliphatic heterocycles. The maximum absolute atomic E-state index is 14.3. The fraction of sp³-hybridized carbons (Fsp3) is 0.576. The van der Waals surface area contributed by atoms with Gasteiger partial charge in [-0.3, -0.25) is 19.3 Å². The van der Waals surface area contributed by atoms with Gasteiger partial charge in [-0.05, 0) is 89.0 Å². The first-order valence-electron chi connectivity index (χ1n) is 15.1. The van der Waals surface area contributed by atoms with Crippen LogP contribution >= 0.6 is 0 Å². The van der Waals surface area contributed by atoms with Crippen LogP contribution in [0.25, 0.3) is 0 Å². The van der Waals surface area contributed by atoms with Gasteiger partial charge in [0.2, 0.25) is 11.8 Å². The zero-order valence-corrected chi connectivity index (χ0v) is 25.0. The molecule has 43 heavy (non-hydrogen) atoms. The predicted molar refractivity (Wildman–Crippen MR) is 157 cm³/mol. The van der Waals surface area contributed by atoms with Crippen molar-refractivity contribution in [3.05, 3.63) is 35.4 Å². The quantitative estimate of drug-likeness (QED) is 0.496. The van der Waals surface area contributed by atoms with Gasteiger partial charge in [0.15, 0.2) is 0 Å². The molecule has 2 aliphatic carbocycles. The van der Waals surface area contributed by atoms with E-state index in [-0.39, 0.29) is 49.8 Å². The summed E-state index contributed by atoms with van der Waals surface area (Å²) in [6, 6.07) is 5.26. The molecule has 4 amide bonds. The second-order valence-corrected chi connectivity index (χ2v) is 12.9. The average molecular weight is 591 g/mol. The van der Waals surface area contributed by atoms with E-state index in [1.165, 1.54) is 0 Å². The van der Waals surface area contributed by atoms with Crippen LogP contribution in [-0.2, 0) is 14.3 Å². The molecule has 10 heteroatoms. The average Bonchev–Trinajstić information content (AvgIpc) is 3.88. The summed E-state index contributed by atoms with van der Waals surface area (Å²) in [6.45, 7) is 5.44. The summed E-state index contributed by atoms with van der Waals surface area (Å²) >= 11 is 0. The third-order valence-electron chi connectivity index (χ3n) is 7.92. The van der Waals surface area contributed by atoms with E-state index < -0.39 is 35.9 Å². The second-order valence-electron chi connectivity index (χ2n) is 12.9. The Morgan fingerprint density at radius 1 is 0.977 bits per heavy atom. The summed E-state index contributed by atoms with van der Waals surface area (Å²) in [5.74, 6) is 11.5. The minimum Gasteiger partial charge on any atom is -0.444 e. The van der Waals surface area contributed by atoms with Gasteiger partial charge in [0.05, 0.1) is 12.6 Å². The van der Waals surface area contributed by atoms with Crippen molar-refractivity contribution < 1.29 is 28.3 Å². The van der Waals surface area contributed by atoms with Gasteiger partial charge in [-0.1, -0.05) is 11.8 Å². The molecule has 0 spiro atoms. The highest BCUT2D eigenvalue weighted by Crippen LogP contribution is 2.34. The first-order valence-corrected chi connectivity index (χ1v) is 15.1. The molecule has 4 atom stereocenters. The SMILES string of the molecule is CC(C)(C)OC(=O)N1C[C@@H](F)C[C@H]1C(=O)N[C@@H]1C[C@H](CNC(=O)c2ccc(C#CC#CC3CC3)cc2)N(C(=O)C2CC2)C1. The Labute approximate surface area is 252 Å². The number of hydrogen-bond donors (Lipinski definition) is 2. The minimum atomic E-state index is -1.33. The molecule has 228 valence electrons. The van der Waals surface area contributed by atoms with E-state index in [0.29, 0.717) is 17.9 Å². The molecule has 2 saturated carbocycles. The minimum absolute atomic E-state index is 0.0174. The fourth-order valence-electron chi connectivity index (χ4n) is 5.39. The summed E-state index contributed by atoms with van der Waals surface area (Å²) in [7, 11) is 0. The number of halogens is 1. The highest BCUT2D eigenvalue weighted by Gasteiger charge is 2.45. The van der Waals surface area contributed by atoms with Crippen LogP contribution in [0.5, 0.6) is 0 Å². The maximum atomic E-state index is 14.3. The second kappa shape index (κ2) is 12.7. The molecule has 4 fully saturated rings. The number of nitrogens with one attached hydrogen (secondary N) is 2. The van der Waals surface area contributed by atoms with Crippen molar-refractivity contribution in [2.45, 2.75) is 89.2 Å². The zero-order valence-electron chi connectivity index (χ0n) is 25.0. The van der Waals surface area contributed by atoms with Crippen molar-refractivity contribution in [1.82, 2.24) is 20.4 Å². The van der Waals surface area contributed by atoms with E-state index in [9.17, 15) is 23.6 Å². The normalized spacial score (nSPS) is 24.7. The van der Waals surface area contributed by atoms with Crippen LogP contribution in [0.3, 0.4) is 0 Å². The third kappa shape index (κ3) is 8.28. The molecule has 2 saturated heterocycles. The highest BCUT2D eigenvalue weighted by atomic mass is 19.1. The lowest BCUT2D eigenvalue weighted by molar-refractivity contribution is -0.133. The van der Waals surface area contributed by atoms with Crippen LogP contribution in [0.1, 0.15) is 75.2 Å². The van der Waals surface area contributed by atoms with Gasteiger partial charge in [0.25, 0.3) is 5.91 Å². The Balaban J connectivity index is 1.17. The van der Waals surface area contributed by atoms with E-state index >= 15 is 0 Å². The number of hydrogen-bond acceptors (Lipinski definition) is 5. The molecule has 4 aliphatic rings. The van der Waals surface area contributed by atoms with Crippen molar-refractivity contribution in [2.75, 3.05) is 19.6 Å². The Hall–Kier alpha value is -4.05. The molecule has 0 unspecified atom stereocenters. The van der Waals surface area contributed by atoms with Crippen LogP contribution < -0.4 is 10.6 Å². The van der Waals surface area contributed by atoms with Gasteiger partial charge < -0.3 is 20.3 Å². The summed E-state index contributed by atoms with van der Waals surface area (Å²) in [5.41, 5.74) is 0.463. The van der Waals surface area contributed by atoms with Crippen molar-refractivity contribution in [2.24, 2.45) is 11.8 Å². The van der Waals surface area contributed by atoms with Crippen molar-refractivity contribution in [3.63, 3.8) is 0 Å². The van der Waals surface area contributed by atoms with Crippen molar-refractivity contribution in [3.8, 4) is 23.7 Å². The molecule has 1 aromatic carbocycles. The number of carbonyl (C=O) groups excluding carboxylic acids is 4. The lowest BCUT2D eigenvalue weighted by atomic mass is 10.1. The molecular formula is C33H39FN4O5. The highest BCUT2D eigenvalue weighted by molar-refractivity contribution is 5.94. The van der Waals surface area contributed by atoms with E-state index in [1.807, 2.05) is 0 Å². The Bertz CT molecular complexity index is 1370. The topological polar surface area (TPSA) is 108 Å². The van der Waals surface area contributed by atoms with Crippen molar-refractivity contribution in [1.29, 1.82) is 0 Å². The number of nitrogens with zero attached hydrogens (tertiary/aromatic N) is 2. The molecule has 0 radical (unpaired) electrons. The first-order chi connectivity index (χ1) is 20.5. The number of likely N-dealkylation sites (tertiary alicyclic amines) is 2. The van der Waals surface area contributed by atoms with Gasteiger partial charge in [0, 0.05) is 48.5 Å². The number of ether oxygens (including phenoxy) is 1. The van der Waals surface area contributed by atoms with Crippen LogP contribution in [0.4, 0.5) is 9.18 Å². The fourth-order valence-corrected chi connectivity index (χ4v) is 5.39. The lowest BCUT2D eigenvalue weighted by Gasteiger charge is -2.28. The van der Waals surface area contributed by atoms with E-state index in [2.05, 4.69) is 34.3 Å². The Kier molecular flexibility index (Phi) is 8.96. The summed E-state index contributed by atoms with van der Waals surface area (Å²) in [6.07, 6.45) is 2.22. The van der Waals surface area contributed by atoms with Gasteiger partial charge in [0.1, 0.15) is 17.8 Å². The number of alkyl halides is 1. The summed E-state index contributed by atoms with van der Waals surface area (Å²) in [4.78, 5) is 54.8. The molecule has 2 N–H and O–H groups in total. The number of rotatable bonds is 6. The lowest BCUT2D eigenvalue weighted by Crippen LogP contribution is -2.50. The molecule has 9 nitrogen and oxygen atoms in total. The molecule has 2 heterocycles. The number of carbonyl (C=O) groups is 4. The number of amides is 4. The van der Waals surface area contributed by atoms with Gasteiger partial charge in [-0.25, -0.2) is 9.18 Å². The van der Waals surface area contributed by atoms with Crippen LogP contribution in [0.15, 0.2) is 24.3 Å². The summed E-state index contributed by atoms with van der Waals surface area (Å²) in [5, 5.41) is 5.87. The van der Waals surface area contributed by atoms with Crippen LogP contribution in [0, 0.1) is 35.5 Å². The summed E-state index contributed by atoms with van der Waals surface area (Å²) < 4.78 is 19.7. The van der Waals surface area contributed by atoms with Gasteiger partial charge in [-0.15, -0.1) is 0 Å². The number of benzene rings is 1. The van der Waals surface area contributed by atoms with Gasteiger partial charge in [-0.2, -0.15) is 0 Å². The Morgan fingerprint density at radius 2 is 1.70 bits per heavy atom. The molecule has 1 aromatic rings. The monoisotopic (exact) mass is 590 g/mol. The molecular weight excluding hydrogens is 551 g/mol. The van der Waals surface area contributed by atoms with E-state index in [4.69, 9.17) is 4.74 Å². The predicted octanol–water partition coefficient (Wildman–Crippen LogP) is 3.02. The zero-order chi connectivity index (χ0) is 30.7. The van der Waals surface area contributed by atoms with Crippen LogP contribution in [0.2, 0.25) is 0 Å². The van der Waals surface area contributed by atoms with E-state index in [0.717, 1.165) is 36.1 Å². The van der Waals surface area contributed by atoms with Crippen LogP contribution in [-0.4, -0.2) is 83.1 Å². The Morgan fingerprint density at radius 3 is 2.35 bits per heavy atom. The third-order valence-corrected chi connectivity index (χ3v) is 7.92. The molecule has 0 aromatic heterocycles. The standard InChI is InChI=1S/C33H39FN4O5/c1-33(2,3)43-32(42)38-19-25(34)16-28(38)30(40)36-26-17-27(37(20-26)31(41)24-14-15-24)18-35-29(39)23-12-10-22(11-13-23)7-5-4-6-21-8-9-21/h10-13,21,24-28H,8-9,14-20H2,1-3H3,(H,35,39)(H,36,40)/t25-,26+,27+,28-/m0/s1. The largest absolute Gasteiger partial charge is 0.444 e. The maximum Gasteiger partial charge on any atom is 0.411 e. The molecule has 5 rings (SSSR count). The van der Waals surface area contributed by atoms with Gasteiger partial charge >= 0.3 is 6.09 Å². The van der Waals surface area contributed by atoms with Crippen molar-refractivity contribution >= 4 is 23.8 Å². The smallest absolute Gasteiger partial charge is 0.411 e. The molecule has 0 bridgehead atoms. The first kappa shape index (κ1) is 30.4. The van der Waals surface area contributed by atoms with E-state index in [1.54, 1.807) is 49.9 Å².